The van der Waals surface area contributed by atoms with Gasteiger partial charge in [0.05, 0.1) is 0 Å². The molecule has 0 aliphatic heterocycles. The standard InChI is InChI=1S/C23H21Br2NO5S/c1-13(2)18-12-17(7-8-21(18)27)31-16-5-3-15(4-6-16)22(28)11-14-9-19(24)23(20(25)10-14)32(26,29)30/h3-10,12-13,27H,11H2,1-2H3,(H2,26,29,30). The van der Waals surface area contributed by atoms with Crippen molar-refractivity contribution in [1.29, 1.82) is 0 Å². The Bertz CT molecular complexity index is 1250. The van der Waals surface area contributed by atoms with Crippen molar-refractivity contribution in [1.82, 2.24) is 0 Å². The molecule has 0 spiro atoms. The van der Waals surface area contributed by atoms with Crippen molar-refractivity contribution in [2.45, 2.75) is 31.1 Å². The second-order valence-corrected chi connectivity index (χ2v) is 10.7. The van der Waals surface area contributed by atoms with Crippen molar-refractivity contribution >= 4 is 47.7 Å². The molecule has 32 heavy (non-hydrogen) atoms. The maximum absolute atomic E-state index is 12.7. The van der Waals surface area contributed by atoms with Crippen LogP contribution < -0.4 is 9.88 Å². The minimum Gasteiger partial charge on any atom is -0.508 e. The van der Waals surface area contributed by atoms with Crippen LogP contribution in [0.25, 0.3) is 0 Å². The monoisotopic (exact) mass is 581 g/mol. The van der Waals surface area contributed by atoms with Crippen LogP contribution in [0.15, 0.2) is 68.4 Å². The van der Waals surface area contributed by atoms with E-state index < -0.39 is 10.0 Å². The van der Waals surface area contributed by atoms with Gasteiger partial charge in [0.2, 0.25) is 10.0 Å². The summed E-state index contributed by atoms with van der Waals surface area (Å²) in [5.74, 6) is 1.40. The second kappa shape index (κ2) is 9.74. The average Bonchev–Trinajstić information content (AvgIpc) is 2.68. The van der Waals surface area contributed by atoms with Crippen LogP contribution in [0.2, 0.25) is 0 Å². The summed E-state index contributed by atoms with van der Waals surface area (Å²) in [5.41, 5.74) is 1.92. The third kappa shape index (κ3) is 5.78. The highest BCUT2D eigenvalue weighted by atomic mass is 79.9. The Kier molecular flexibility index (Phi) is 7.44. The molecule has 0 saturated carbocycles. The first-order chi connectivity index (χ1) is 15.0. The van der Waals surface area contributed by atoms with Gasteiger partial charge in [-0.25, -0.2) is 13.6 Å². The number of sulfonamides is 1. The van der Waals surface area contributed by atoms with Crippen molar-refractivity contribution in [2.24, 2.45) is 5.14 Å². The number of aromatic hydroxyl groups is 1. The number of ether oxygens (including phenoxy) is 1. The van der Waals surface area contributed by atoms with E-state index in [1.807, 2.05) is 13.8 Å². The Hall–Kier alpha value is -2.20. The number of phenols is 1. The number of phenolic OH excluding ortho intramolecular Hbond substituents is 1. The fourth-order valence-electron chi connectivity index (χ4n) is 3.18. The van der Waals surface area contributed by atoms with Crippen LogP contribution in [0.4, 0.5) is 0 Å². The SMILES string of the molecule is CC(C)c1cc(Oc2ccc(C(=O)Cc3cc(Br)c(S(N)(=O)=O)c(Br)c3)cc2)ccc1O. The zero-order valence-electron chi connectivity index (χ0n) is 17.3. The van der Waals surface area contributed by atoms with Gasteiger partial charge in [-0.2, -0.15) is 0 Å². The van der Waals surface area contributed by atoms with E-state index in [4.69, 9.17) is 9.88 Å². The zero-order chi connectivity index (χ0) is 23.6. The molecule has 0 aromatic heterocycles. The summed E-state index contributed by atoms with van der Waals surface area (Å²) >= 11 is 6.41. The molecule has 168 valence electrons. The maximum atomic E-state index is 12.7. The average molecular weight is 583 g/mol. The minimum atomic E-state index is -3.91. The van der Waals surface area contributed by atoms with Crippen molar-refractivity contribution in [2.75, 3.05) is 0 Å². The van der Waals surface area contributed by atoms with Crippen molar-refractivity contribution in [3.8, 4) is 17.2 Å². The number of benzene rings is 3. The van der Waals surface area contributed by atoms with E-state index in [0.717, 1.165) is 5.56 Å². The first-order valence-corrected chi connectivity index (χ1v) is 12.7. The molecule has 0 atom stereocenters. The molecule has 0 aliphatic carbocycles. The maximum Gasteiger partial charge on any atom is 0.240 e. The number of carbonyl (C=O) groups is 1. The number of hydrogen-bond donors (Lipinski definition) is 2. The molecule has 0 fully saturated rings. The van der Waals surface area contributed by atoms with Crippen LogP contribution in [-0.4, -0.2) is 19.3 Å². The van der Waals surface area contributed by atoms with Gasteiger partial charge < -0.3 is 9.84 Å². The molecule has 0 heterocycles. The minimum absolute atomic E-state index is 0.0648. The molecule has 9 heteroatoms. The zero-order valence-corrected chi connectivity index (χ0v) is 21.3. The Balaban J connectivity index is 1.74. The number of carbonyl (C=O) groups excluding carboxylic acids is 1. The smallest absolute Gasteiger partial charge is 0.240 e. The van der Waals surface area contributed by atoms with Crippen molar-refractivity contribution in [3.63, 3.8) is 0 Å². The molecule has 0 aliphatic rings. The van der Waals surface area contributed by atoms with E-state index in [1.54, 1.807) is 54.6 Å². The van der Waals surface area contributed by atoms with Gasteiger partial charge in [0.15, 0.2) is 5.78 Å². The summed E-state index contributed by atoms with van der Waals surface area (Å²) in [5, 5.41) is 15.2. The van der Waals surface area contributed by atoms with Gasteiger partial charge in [0.1, 0.15) is 22.1 Å². The fourth-order valence-corrected chi connectivity index (χ4v) is 6.47. The third-order valence-corrected chi connectivity index (χ3v) is 7.52. The summed E-state index contributed by atoms with van der Waals surface area (Å²) in [4.78, 5) is 12.6. The Morgan fingerprint density at radius 1 is 1.00 bits per heavy atom. The lowest BCUT2D eigenvalue weighted by molar-refractivity contribution is 0.0993. The molecule has 3 aromatic rings. The van der Waals surface area contributed by atoms with E-state index in [-0.39, 0.29) is 37.7 Å². The largest absolute Gasteiger partial charge is 0.508 e. The van der Waals surface area contributed by atoms with Crippen LogP contribution in [0.1, 0.15) is 41.3 Å². The molecular formula is C23H21Br2NO5S. The van der Waals surface area contributed by atoms with Crippen LogP contribution >= 0.6 is 31.9 Å². The quantitative estimate of drug-likeness (QED) is 0.337. The van der Waals surface area contributed by atoms with Crippen molar-refractivity contribution in [3.05, 3.63) is 80.2 Å². The number of Topliss-reactive ketones (excluding diaryl/α,β-unsaturated/α-hetero) is 1. The molecule has 6 nitrogen and oxygen atoms in total. The predicted molar refractivity (Wildman–Crippen MR) is 130 cm³/mol. The molecular weight excluding hydrogens is 562 g/mol. The number of ketones is 1. The van der Waals surface area contributed by atoms with E-state index in [2.05, 4.69) is 31.9 Å². The first-order valence-electron chi connectivity index (χ1n) is 9.60. The molecule has 3 N–H and O–H groups in total. The van der Waals surface area contributed by atoms with Crippen molar-refractivity contribution < 1.29 is 23.1 Å². The van der Waals surface area contributed by atoms with E-state index >= 15 is 0 Å². The van der Waals surface area contributed by atoms with Gasteiger partial charge in [0, 0.05) is 26.5 Å². The van der Waals surface area contributed by atoms with Crippen LogP contribution in [0.3, 0.4) is 0 Å². The van der Waals surface area contributed by atoms with Gasteiger partial charge in [-0.15, -0.1) is 0 Å². The lowest BCUT2D eigenvalue weighted by Gasteiger charge is -2.12. The summed E-state index contributed by atoms with van der Waals surface area (Å²) < 4.78 is 29.8. The number of primary sulfonamides is 1. The fraction of sp³-hybridized carbons (Fsp3) is 0.174. The highest BCUT2D eigenvalue weighted by Crippen LogP contribution is 2.33. The Labute approximate surface area is 203 Å². The lowest BCUT2D eigenvalue weighted by Crippen LogP contribution is -2.14. The first kappa shape index (κ1) is 24.4. The molecule has 0 radical (unpaired) electrons. The molecule has 3 aromatic carbocycles. The van der Waals surface area contributed by atoms with Gasteiger partial charge in [0.25, 0.3) is 0 Å². The molecule has 0 unspecified atom stereocenters. The molecule has 3 rings (SSSR count). The highest BCUT2D eigenvalue weighted by molar-refractivity contribution is 9.11. The number of rotatable bonds is 7. The Morgan fingerprint density at radius 3 is 2.09 bits per heavy atom. The van der Waals surface area contributed by atoms with Crippen LogP contribution in [0, 0.1) is 0 Å². The number of hydrogen-bond acceptors (Lipinski definition) is 5. The number of nitrogens with two attached hydrogens (primary N) is 1. The second-order valence-electron chi connectivity index (χ2n) is 7.54. The van der Waals surface area contributed by atoms with Gasteiger partial charge in [-0.3, -0.25) is 4.79 Å². The summed E-state index contributed by atoms with van der Waals surface area (Å²) in [6, 6.07) is 14.9. The summed E-state index contributed by atoms with van der Waals surface area (Å²) in [6.07, 6.45) is 0.0814. The van der Waals surface area contributed by atoms with Gasteiger partial charge >= 0.3 is 0 Å². The predicted octanol–water partition coefficient (Wildman–Crippen LogP) is 5.91. The van der Waals surface area contributed by atoms with Gasteiger partial charge in [-0.05, 0) is 97.9 Å². The molecule has 0 amide bonds. The topological polar surface area (TPSA) is 107 Å². The van der Waals surface area contributed by atoms with Gasteiger partial charge in [-0.1, -0.05) is 13.8 Å². The number of halogens is 2. The van der Waals surface area contributed by atoms with E-state index in [0.29, 0.717) is 22.6 Å². The molecule has 0 saturated heterocycles. The Morgan fingerprint density at radius 2 is 1.56 bits per heavy atom. The summed E-state index contributed by atoms with van der Waals surface area (Å²) in [7, 11) is -3.91. The van der Waals surface area contributed by atoms with Crippen LogP contribution in [0.5, 0.6) is 17.2 Å². The normalized spacial score (nSPS) is 11.6. The molecule has 0 bridgehead atoms. The third-order valence-electron chi connectivity index (χ3n) is 4.74. The van der Waals surface area contributed by atoms with Crippen LogP contribution in [-0.2, 0) is 16.4 Å². The van der Waals surface area contributed by atoms with E-state index in [1.165, 1.54) is 0 Å². The summed E-state index contributed by atoms with van der Waals surface area (Å²) in [6.45, 7) is 3.97. The lowest BCUT2D eigenvalue weighted by atomic mass is 10.0. The highest BCUT2D eigenvalue weighted by Gasteiger charge is 2.19. The van der Waals surface area contributed by atoms with E-state index in [9.17, 15) is 18.3 Å².